The lowest BCUT2D eigenvalue weighted by molar-refractivity contribution is -0.131. The van der Waals surface area contributed by atoms with Crippen LogP contribution in [0.3, 0.4) is 0 Å². The monoisotopic (exact) mass is 252 g/mol. The Labute approximate surface area is 103 Å². The van der Waals surface area contributed by atoms with E-state index in [0.717, 1.165) is 0 Å². The Kier molecular flexibility index (Phi) is 2.97. The smallest absolute Gasteiger partial charge is 0.394 e. The molecule has 0 amide bonds. The van der Waals surface area contributed by atoms with Gasteiger partial charge in [0, 0.05) is 19.2 Å². The predicted molar refractivity (Wildman–Crippen MR) is 63.8 cm³/mol. The molecule has 0 bridgehead atoms. The molecule has 0 atom stereocenters. The molecular formula is C11H12N2O5. The molecule has 1 aromatic carbocycles. The van der Waals surface area contributed by atoms with Gasteiger partial charge in [-0.05, 0) is 0 Å². The standard InChI is InChI=1S/C11H12N2O5/c1-13-7-5-9(17-3)8(16-2)4-6(7)12-10(18-13)11(14)15/h4-5H,1-3H3,(H,14,15). The van der Waals surface area contributed by atoms with E-state index in [2.05, 4.69) is 4.99 Å². The van der Waals surface area contributed by atoms with Gasteiger partial charge in [0.15, 0.2) is 11.5 Å². The highest BCUT2D eigenvalue weighted by atomic mass is 16.7. The second-order valence-electron chi connectivity index (χ2n) is 3.51. The topological polar surface area (TPSA) is 80.6 Å². The zero-order valence-corrected chi connectivity index (χ0v) is 10.1. The number of hydrogen-bond donors (Lipinski definition) is 1. The number of fused-ring (bicyclic) bond motifs is 1. The largest absolute Gasteiger partial charge is 0.493 e. The zero-order chi connectivity index (χ0) is 13.3. The van der Waals surface area contributed by atoms with E-state index in [-0.39, 0.29) is 0 Å². The minimum absolute atomic E-state index is 0.391. The fourth-order valence-electron chi connectivity index (χ4n) is 1.59. The third kappa shape index (κ3) is 1.90. The average molecular weight is 252 g/mol. The lowest BCUT2D eigenvalue weighted by atomic mass is 10.2. The van der Waals surface area contributed by atoms with Crippen LogP contribution in [-0.4, -0.2) is 38.2 Å². The second-order valence-corrected chi connectivity index (χ2v) is 3.51. The molecule has 0 aromatic heterocycles. The summed E-state index contributed by atoms with van der Waals surface area (Å²) >= 11 is 0. The van der Waals surface area contributed by atoms with E-state index in [9.17, 15) is 4.79 Å². The summed E-state index contributed by atoms with van der Waals surface area (Å²) < 4.78 is 10.3. The SMILES string of the molecule is COc1cc2c(cc1OC)N(C)OC(C(=O)O)=N2. The van der Waals surface area contributed by atoms with Crippen LogP contribution in [0.1, 0.15) is 0 Å². The number of carboxylic acids is 1. The van der Waals surface area contributed by atoms with E-state index in [1.54, 1.807) is 19.2 Å². The number of nitrogens with zero attached hydrogens (tertiary/aromatic N) is 2. The van der Waals surface area contributed by atoms with Gasteiger partial charge in [-0.3, -0.25) is 0 Å². The zero-order valence-electron chi connectivity index (χ0n) is 10.1. The van der Waals surface area contributed by atoms with Crippen molar-refractivity contribution in [2.45, 2.75) is 0 Å². The van der Waals surface area contributed by atoms with Crippen molar-refractivity contribution in [3.63, 3.8) is 0 Å². The highest BCUT2D eigenvalue weighted by molar-refractivity contribution is 6.33. The van der Waals surface area contributed by atoms with Gasteiger partial charge in [0.1, 0.15) is 5.69 Å². The lowest BCUT2D eigenvalue weighted by Gasteiger charge is -2.25. The Morgan fingerprint density at radius 3 is 2.50 bits per heavy atom. The van der Waals surface area contributed by atoms with Crippen molar-refractivity contribution >= 4 is 23.2 Å². The fourth-order valence-corrected chi connectivity index (χ4v) is 1.59. The first-order valence-electron chi connectivity index (χ1n) is 5.06. The van der Waals surface area contributed by atoms with Crippen LogP contribution in [0.4, 0.5) is 11.4 Å². The van der Waals surface area contributed by atoms with Crippen LogP contribution in [0.2, 0.25) is 0 Å². The van der Waals surface area contributed by atoms with Gasteiger partial charge < -0.3 is 19.4 Å². The summed E-state index contributed by atoms with van der Waals surface area (Å²) in [5.41, 5.74) is 1.04. The van der Waals surface area contributed by atoms with E-state index >= 15 is 0 Å². The molecule has 1 aromatic rings. The van der Waals surface area contributed by atoms with Crippen molar-refractivity contribution in [2.24, 2.45) is 4.99 Å². The van der Waals surface area contributed by atoms with Crippen LogP contribution in [0.25, 0.3) is 0 Å². The molecule has 7 heteroatoms. The minimum atomic E-state index is -1.23. The first-order valence-corrected chi connectivity index (χ1v) is 5.06. The van der Waals surface area contributed by atoms with Crippen molar-refractivity contribution in [1.82, 2.24) is 0 Å². The van der Waals surface area contributed by atoms with Crippen LogP contribution in [0.5, 0.6) is 11.5 Å². The maximum atomic E-state index is 10.8. The summed E-state index contributed by atoms with van der Waals surface area (Å²) in [5, 5.41) is 10.2. The predicted octanol–water partition coefficient (Wildman–Crippen LogP) is 1.20. The van der Waals surface area contributed by atoms with Gasteiger partial charge in [-0.15, -0.1) is 0 Å². The van der Waals surface area contributed by atoms with Crippen molar-refractivity contribution < 1.29 is 24.2 Å². The maximum absolute atomic E-state index is 10.8. The van der Waals surface area contributed by atoms with Crippen LogP contribution in [0.15, 0.2) is 17.1 Å². The average Bonchev–Trinajstić information content (AvgIpc) is 2.36. The summed E-state index contributed by atoms with van der Waals surface area (Å²) in [6.07, 6.45) is 0. The molecule has 1 aliphatic rings. The Bertz CT molecular complexity index is 526. The van der Waals surface area contributed by atoms with Gasteiger partial charge in [-0.2, -0.15) is 0 Å². The maximum Gasteiger partial charge on any atom is 0.394 e. The van der Waals surface area contributed by atoms with Crippen molar-refractivity contribution in [3.05, 3.63) is 12.1 Å². The molecule has 0 fully saturated rings. The second kappa shape index (κ2) is 4.44. The number of benzene rings is 1. The van der Waals surface area contributed by atoms with Gasteiger partial charge in [-0.1, -0.05) is 0 Å². The third-order valence-corrected chi connectivity index (χ3v) is 2.45. The quantitative estimate of drug-likeness (QED) is 0.870. The van der Waals surface area contributed by atoms with Gasteiger partial charge in [0.05, 0.1) is 19.9 Å². The van der Waals surface area contributed by atoms with E-state index < -0.39 is 11.9 Å². The van der Waals surface area contributed by atoms with E-state index in [4.69, 9.17) is 19.4 Å². The van der Waals surface area contributed by atoms with Crippen molar-refractivity contribution in [1.29, 1.82) is 0 Å². The number of methoxy groups -OCH3 is 2. The van der Waals surface area contributed by atoms with Crippen molar-refractivity contribution in [2.75, 3.05) is 26.3 Å². The van der Waals surface area contributed by atoms with Crippen molar-refractivity contribution in [3.8, 4) is 11.5 Å². The van der Waals surface area contributed by atoms with Gasteiger partial charge in [-0.25, -0.2) is 14.9 Å². The highest BCUT2D eigenvalue weighted by Gasteiger charge is 2.25. The molecule has 0 unspecified atom stereocenters. The molecular weight excluding hydrogens is 240 g/mol. The number of hydrogen-bond acceptors (Lipinski definition) is 6. The molecule has 0 saturated carbocycles. The summed E-state index contributed by atoms with van der Waals surface area (Å²) in [6, 6.07) is 3.26. The molecule has 0 saturated heterocycles. The molecule has 96 valence electrons. The number of carboxylic acid groups (broad SMARTS) is 1. The van der Waals surface area contributed by atoms with E-state index in [1.165, 1.54) is 19.3 Å². The third-order valence-electron chi connectivity index (χ3n) is 2.45. The van der Waals surface area contributed by atoms with Crippen LogP contribution < -0.4 is 14.5 Å². The summed E-state index contributed by atoms with van der Waals surface area (Å²) in [6.45, 7) is 0. The number of ether oxygens (including phenoxy) is 2. The summed E-state index contributed by atoms with van der Waals surface area (Å²) in [7, 11) is 4.59. The van der Waals surface area contributed by atoms with Gasteiger partial charge in [0.25, 0.3) is 0 Å². The molecule has 0 aliphatic carbocycles. The minimum Gasteiger partial charge on any atom is -0.493 e. The number of rotatable bonds is 3. The highest BCUT2D eigenvalue weighted by Crippen LogP contribution is 2.41. The van der Waals surface area contributed by atoms with Crippen LogP contribution in [0, 0.1) is 0 Å². The number of hydroxylamine groups is 1. The molecule has 7 nitrogen and oxygen atoms in total. The Balaban J connectivity index is 2.56. The molecule has 0 spiro atoms. The molecule has 18 heavy (non-hydrogen) atoms. The first kappa shape index (κ1) is 12.0. The van der Waals surface area contributed by atoms with Gasteiger partial charge >= 0.3 is 11.9 Å². The molecule has 1 heterocycles. The van der Waals surface area contributed by atoms with Crippen LogP contribution >= 0.6 is 0 Å². The molecule has 1 N–H and O–H groups in total. The number of carbonyl (C=O) groups is 1. The summed E-state index contributed by atoms with van der Waals surface area (Å²) in [5.74, 6) is -0.639. The summed E-state index contributed by atoms with van der Waals surface area (Å²) in [4.78, 5) is 19.8. The Morgan fingerprint density at radius 2 is 1.94 bits per heavy atom. The van der Waals surface area contributed by atoms with E-state index in [0.29, 0.717) is 22.9 Å². The lowest BCUT2D eigenvalue weighted by Crippen LogP contribution is -2.30. The normalized spacial score (nSPS) is 13.3. The van der Waals surface area contributed by atoms with E-state index in [1.807, 2.05) is 0 Å². The van der Waals surface area contributed by atoms with Crippen LogP contribution in [-0.2, 0) is 9.63 Å². The molecule has 0 radical (unpaired) electrons. The molecule has 2 rings (SSSR count). The fraction of sp³-hybridized carbons (Fsp3) is 0.273. The Hall–Kier alpha value is -2.44. The van der Waals surface area contributed by atoms with Gasteiger partial charge in [0.2, 0.25) is 0 Å². The first-order chi connectivity index (χ1) is 8.56. The molecule has 1 aliphatic heterocycles. The number of anilines is 1. The number of aliphatic imine (C=N–C) groups is 1. The number of aliphatic carboxylic acids is 1. The Morgan fingerprint density at radius 1 is 1.33 bits per heavy atom.